The molecule has 1 aliphatic heterocycles. The molecule has 0 aliphatic carbocycles. The molecule has 1 aromatic carbocycles. The van der Waals surface area contributed by atoms with Crippen molar-refractivity contribution in [2.24, 2.45) is 0 Å². The van der Waals surface area contributed by atoms with Crippen LogP contribution >= 0.6 is 0 Å². The van der Waals surface area contributed by atoms with E-state index < -0.39 is 0 Å². The van der Waals surface area contributed by atoms with Crippen molar-refractivity contribution < 1.29 is 0 Å². The third kappa shape index (κ3) is 1.53. The highest BCUT2D eigenvalue weighted by molar-refractivity contribution is 5.70. The molecule has 84 valence electrons. The third-order valence-electron chi connectivity index (χ3n) is 3.38. The van der Waals surface area contributed by atoms with Crippen molar-refractivity contribution in [1.29, 1.82) is 5.26 Å². The van der Waals surface area contributed by atoms with Crippen LogP contribution in [0.15, 0.2) is 24.4 Å². The Morgan fingerprint density at radius 3 is 3.00 bits per heavy atom. The summed E-state index contributed by atoms with van der Waals surface area (Å²) in [5.74, 6) is 0. The Hall–Kier alpha value is -2.08. The highest BCUT2D eigenvalue weighted by atomic mass is 15.3. The number of hydrogen-bond acceptors (Lipinski definition) is 2. The summed E-state index contributed by atoms with van der Waals surface area (Å²) in [6, 6.07) is 8.02. The lowest BCUT2D eigenvalue weighted by Crippen LogP contribution is -1.93. The van der Waals surface area contributed by atoms with Crippen molar-refractivity contribution in [3.63, 3.8) is 0 Å². The van der Waals surface area contributed by atoms with E-state index in [9.17, 15) is 0 Å². The molecule has 0 radical (unpaired) electrons. The summed E-state index contributed by atoms with van der Waals surface area (Å²) >= 11 is 0. The lowest BCUT2D eigenvalue weighted by atomic mass is 9.98. The third-order valence-corrected chi connectivity index (χ3v) is 3.38. The number of aromatic nitrogens is 2. The molecule has 1 aliphatic rings. The van der Waals surface area contributed by atoms with Crippen LogP contribution in [0.4, 0.5) is 0 Å². The minimum absolute atomic E-state index is 0.718. The van der Waals surface area contributed by atoms with E-state index in [-0.39, 0.29) is 0 Å². The van der Waals surface area contributed by atoms with Crippen molar-refractivity contribution in [3.8, 4) is 17.2 Å². The lowest BCUT2D eigenvalue weighted by Gasteiger charge is -2.05. The Bertz CT molecular complexity index is 617. The first kappa shape index (κ1) is 10.1. The van der Waals surface area contributed by atoms with Crippen LogP contribution < -0.4 is 0 Å². The zero-order valence-electron chi connectivity index (χ0n) is 9.77. The molecule has 0 amide bonds. The van der Waals surface area contributed by atoms with Crippen LogP contribution in [-0.4, -0.2) is 9.78 Å². The van der Waals surface area contributed by atoms with E-state index in [2.05, 4.69) is 22.8 Å². The molecule has 0 saturated heterocycles. The second-order valence-corrected chi connectivity index (χ2v) is 4.47. The van der Waals surface area contributed by atoms with Gasteiger partial charge in [-0.25, -0.2) is 0 Å². The fourth-order valence-corrected chi connectivity index (χ4v) is 2.52. The molecule has 0 fully saturated rings. The van der Waals surface area contributed by atoms with Gasteiger partial charge in [0.25, 0.3) is 0 Å². The van der Waals surface area contributed by atoms with Crippen LogP contribution in [0.25, 0.3) is 11.1 Å². The molecule has 0 unspecified atom stereocenters. The predicted molar refractivity (Wildman–Crippen MR) is 65.4 cm³/mol. The van der Waals surface area contributed by atoms with E-state index in [1.54, 1.807) is 0 Å². The molecule has 3 heteroatoms. The number of benzene rings is 1. The Labute approximate surface area is 100 Å². The monoisotopic (exact) mass is 223 g/mol. The van der Waals surface area contributed by atoms with Crippen molar-refractivity contribution in [2.75, 3.05) is 0 Å². The molecule has 3 nitrogen and oxygen atoms in total. The van der Waals surface area contributed by atoms with Crippen LogP contribution in [0, 0.1) is 18.3 Å². The van der Waals surface area contributed by atoms with Crippen LogP contribution in [-0.2, 0) is 13.0 Å². The van der Waals surface area contributed by atoms with Gasteiger partial charge in [-0.05, 0) is 43.0 Å². The molecule has 1 aromatic heterocycles. The van der Waals surface area contributed by atoms with E-state index in [1.165, 1.54) is 23.2 Å². The van der Waals surface area contributed by atoms with Crippen LogP contribution in [0.2, 0.25) is 0 Å². The number of aryl methyl sites for hydroxylation is 2. The molecule has 0 saturated carbocycles. The van der Waals surface area contributed by atoms with Gasteiger partial charge in [-0.1, -0.05) is 6.07 Å². The average Bonchev–Trinajstić information content (AvgIpc) is 2.91. The first-order chi connectivity index (χ1) is 8.29. The van der Waals surface area contributed by atoms with Crippen molar-refractivity contribution >= 4 is 0 Å². The van der Waals surface area contributed by atoms with E-state index in [1.807, 2.05) is 24.4 Å². The quantitative estimate of drug-likeness (QED) is 0.745. The Morgan fingerprint density at radius 2 is 2.24 bits per heavy atom. The molecular weight excluding hydrogens is 210 g/mol. The fraction of sp³-hybridized carbons (Fsp3) is 0.286. The Morgan fingerprint density at radius 1 is 1.35 bits per heavy atom. The van der Waals surface area contributed by atoms with Crippen LogP contribution in [0.1, 0.15) is 23.2 Å². The van der Waals surface area contributed by atoms with Crippen molar-refractivity contribution in [2.45, 2.75) is 26.3 Å². The average molecular weight is 223 g/mol. The summed E-state index contributed by atoms with van der Waals surface area (Å²) in [4.78, 5) is 0. The maximum atomic E-state index is 8.87. The largest absolute Gasteiger partial charge is 0.269 e. The van der Waals surface area contributed by atoms with Crippen LogP contribution in [0.3, 0.4) is 0 Å². The van der Waals surface area contributed by atoms with Gasteiger partial charge < -0.3 is 0 Å². The fourth-order valence-electron chi connectivity index (χ4n) is 2.52. The second kappa shape index (κ2) is 3.74. The first-order valence-corrected chi connectivity index (χ1v) is 5.85. The molecule has 0 N–H and O–H groups in total. The SMILES string of the molecule is Cc1cc(C#N)ccc1-c1cnn2c1CCC2. The number of hydrogen-bond donors (Lipinski definition) is 0. The van der Waals surface area contributed by atoms with Gasteiger partial charge in [0.1, 0.15) is 0 Å². The summed E-state index contributed by atoms with van der Waals surface area (Å²) in [7, 11) is 0. The summed E-state index contributed by atoms with van der Waals surface area (Å²) in [5.41, 5.74) is 5.62. The smallest absolute Gasteiger partial charge is 0.0991 e. The summed E-state index contributed by atoms with van der Waals surface area (Å²) in [6.07, 6.45) is 4.24. The van der Waals surface area contributed by atoms with Crippen molar-refractivity contribution in [3.05, 3.63) is 41.2 Å². The zero-order chi connectivity index (χ0) is 11.8. The van der Waals surface area contributed by atoms with Gasteiger partial charge in [0.15, 0.2) is 0 Å². The maximum absolute atomic E-state index is 8.87. The zero-order valence-corrected chi connectivity index (χ0v) is 9.77. The van der Waals surface area contributed by atoms with E-state index >= 15 is 0 Å². The number of rotatable bonds is 1. The molecule has 17 heavy (non-hydrogen) atoms. The topological polar surface area (TPSA) is 41.6 Å². The van der Waals surface area contributed by atoms with Gasteiger partial charge in [-0.3, -0.25) is 4.68 Å². The normalized spacial score (nSPS) is 13.4. The minimum atomic E-state index is 0.718. The predicted octanol–water partition coefficient (Wildman–Crippen LogP) is 2.68. The van der Waals surface area contributed by atoms with Gasteiger partial charge in [0.2, 0.25) is 0 Å². The molecule has 2 aromatic rings. The van der Waals surface area contributed by atoms with Gasteiger partial charge in [0.05, 0.1) is 17.8 Å². The maximum Gasteiger partial charge on any atom is 0.0991 e. The van der Waals surface area contributed by atoms with Gasteiger partial charge in [0, 0.05) is 17.8 Å². The first-order valence-electron chi connectivity index (χ1n) is 5.85. The highest BCUT2D eigenvalue weighted by Crippen LogP contribution is 2.30. The van der Waals surface area contributed by atoms with Gasteiger partial charge in [-0.2, -0.15) is 10.4 Å². The van der Waals surface area contributed by atoms with E-state index in [0.29, 0.717) is 0 Å². The molecule has 0 bridgehead atoms. The van der Waals surface area contributed by atoms with Gasteiger partial charge in [-0.15, -0.1) is 0 Å². The standard InChI is InChI=1S/C14H13N3/c1-10-7-11(8-15)4-5-12(10)13-9-16-17-6-2-3-14(13)17/h4-5,7,9H,2-3,6H2,1H3. The molecule has 0 spiro atoms. The molecule has 0 atom stereocenters. The van der Waals surface area contributed by atoms with E-state index in [0.717, 1.165) is 24.1 Å². The van der Waals surface area contributed by atoms with Crippen LogP contribution in [0.5, 0.6) is 0 Å². The van der Waals surface area contributed by atoms with Crippen molar-refractivity contribution in [1.82, 2.24) is 9.78 Å². The minimum Gasteiger partial charge on any atom is -0.269 e. The summed E-state index contributed by atoms with van der Waals surface area (Å²) in [6.45, 7) is 3.08. The van der Waals surface area contributed by atoms with E-state index in [4.69, 9.17) is 5.26 Å². The Kier molecular flexibility index (Phi) is 2.22. The summed E-state index contributed by atoms with van der Waals surface area (Å²) in [5, 5.41) is 13.3. The highest BCUT2D eigenvalue weighted by Gasteiger charge is 2.18. The lowest BCUT2D eigenvalue weighted by molar-refractivity contribution is 0.656. The number of fused-ring (bicyclic) bond motifs is 1. The molecular formula is C14H13N3. The number of nitriles is 1. The Balaban J connectivity index is 2.13. The van der Waals surface area contributed by atoms with Gasteiger partial charge >= 0.3 is 0 Å². The molecule has 3 rings (SSSR count). The molecule has 2 heterocycles. The summed E-state index contributed by atoms with van der Waals surface area (Å²) < 4.78 is 2.09. The second-order valence-electron chi connectivity index (χ2n) is 4.47. The number of nitrogens with zero attached hydrogens (tertiary/aromatic N) is 3.